The van der Waals surface area contributed by atoms with Crippen LogP contribution in [0.25, 0.3) is 0 Å². The molecule has 0 radical (unpaired) electrons. The van der Waals surface area contributed by atoms with Crippen LogP contribution < -0.4 is 10.6 Å². The standard InChI is InChI=1S/C15H18N4O5/c1-24-15(23)11-12(18-13(21)8-3-2-4-8)19(7-16-11)9-5-6-10(20)17-14(9)22/h7-9H,2-6H2,1H3,(H,18,21)(H,17,20,22). The molecule has 128 valence electrons. The van der Waals surface area contributed by atoms with Crippen molar-refractivity contribution < 1.29 is 23.9 Å². The summed E-state index contributed by atoms with van der Waals surface area (Å²) in [4.78, 5) is 51.5. The highest BCUT2D eigenvalue weighted by Gasteiger charge is 2.34. The van der Waals surface area contributed by atoms with E-state index in [0.29, 0.717) is 0 Å². The average Bonchev–Trinajstić information content (AvgIpc) is 2.88. The molecule has 2 fully saturated rings. The van der Waals surface area contributed by atoms with E-state index in [-0.39, 0.29) is 42.1 Å². The van der Waals surface area contributed by atoms with Gasteiger partial charge in [-0.2, -0.15) is 0 Å². The van der Waals surface area contributed by atoms with Gasteiger partial charge in [0.25, 0.3) is 0 Å². The fourth-order valence-electron chi connectivity index (χ4n) is 2.80. The second-order valence-electron chi connectivity index (χ2n) is 5.92. The summed E-state index contributed by atoms with van der Waals surface area (Å²) in [5.74, 6) is -1.71. The van der Waals surface area contributed by atoms with Crippen molar-refractivity contribution in [2.24, 2.45) is 5.92 Å². The average molecular weight is 334 g/mol. The lowest BCUT2D eigenvalue weighted by Crippen LogP contribution is -2.42. The maximum absolute atomic E-state index is 12.3. The summed E-state index contributed by atoms with van der Waals surface area (Å²) in [7, 11) is 1.21. The zero-order valence-corrected chi connectivity index (χ0v) is 13.2. The molecular weight excluding hydrogens is 316 g/mol. The molecule has 0 spiro atoms. The van der Waals surface area contributed by atoms with Gasteiger partial charge < -0.3 is 14.6 Å². The minimum atomic E-state index is -0.717. The Morgan fingerprint density at radius 1 is 1.33 bits per heavy atom. The summed E-state index contributed by atoms with van der Waals surface area (Å²) in [6.07, 6.45) is 4.35. The molecule has 1 aliphatic carbocycles. The molecule has 24 heavy (non-hydrogen) atoms. The van der Waals surface area contributed by atoms with Gasteiger partial charge in [0.15, 0.2) is 5.69 Å². The van der Waals surface area contributed by atoms with Crippen molar-refractivity contribution in [2.45, 2.75) is 38.1 Å². The summed E-state index contributed by atoms with van der Waals surface area (Å²) in [5, 5.41) is 4.95. The quantitative estimate of drug-likeness (QED) is 0.607. The fourth-order valence-corrected chi connectivity index (χ4v) is 2.80. The third kappa shape index (κ3) is 2.89. The summed E-state index contributed by atoms with van der Waals surface area (Å²) >= 11 is 0. The number of nitrogens with one attached hydrogen (secondary N) is 2. The van der Waals surface area contributed by atoms with Gasteiger partial charge in [0, 0.05) is 12.3 Å². The molecule has 9 nitrogen and oxygen atoms in total. The predicted octanol–water partition coefficient (Wildman–Crippen LogP) is 0.386. The number of methoxy groups -OCH3 is 1. The van der Waals surface area contributed by atoms with Crippen molar-refractivity contribution in [3.63, 3.8) is 0 Å². The van der Waals surface area contributed by atoms with Crippen LogP contribution in [0, 0.1) is 5.92 Å². The van der Waals surface area contributed by atoms with E-state index in [0.717, 1.165) is 19.3 Å². The largest absolute Gasteiger partial charge is 0.464 e. The van der Waals surface area contributed by atoms with Crippen LogP contribution in [0.15, 0.2) is 6.33 Å². The first kappa shape index (κ1) is 16.2. The SMILES string of the molecule is COC(=O)c1ncn(C2CCC(=O)NC2=O)c1NC(=O)C1CCC1. The zero-order chi connectivity index (χ0) is 17.3. The molecule has 2 heterocycles. The number of carbonyl (C=O) groups is 4. The molecule has 1 aromatic heterocycles. The van der Waals surface area contributed by atoms with Crippen molar-refractivity contribution in [3.05, 3.63) is 12.0 Å². The number of amides is 3. The lowest BCUT2D eigenvalue weighted by Gasteiger charge is -2.26. The number of nitrogens with zero attached hydrogens (tertiary/aromatic N) is 2. The first-order valence-corrected chi connectivity index (χ1v) is 7.81. The number of hydrogen-bond donors (Lipinski definition) is 2. The lowest BCUT2D eigenvalue weighted by atomic mass is 9.85. The van der Waals surface area contributed by atoms with Crippen molar-refractivity contribution in [1.29, 1.82) is 0 Å². The fraction of sp³-hybridized carbons (Fsp3) is 0.533. The predicted molar refractivity (Wildman–Crippen MR) is 81.0 cm³/mol. The molecule has 0 bridgehead atoms. The van der Waals surface area contributed by atoms with Gasteiger partial charge in [-0.1, -0.05) is 6.42 Å². The van der Waals surface area contributed by atoms with Crippen LogP contribution in [0.4, 0.5) is 5.82 Å². The van der Waals surface area contributed by atoms with Gasteiger partial charge in [0.2, 0.25) is 17.7 Å². The highest BCUT2D eigenvalue weighted by atomic mass is 16.5. The van der Waals surface area contributed by atoms with Gasteiger partial charge in [0.1, 0.15) is 11.9 Å². The summed E-state index contributed by atoms with van der Waals surface area (Å²) < 4.78 is 6.10. The van der Waals surface area contributed by atoms with Gasteiger partial charge in [0.05, 0.1) is 13.4 Å². The van der Waals surface area contributed by atoms with E-state index in [1.807, 2.05) is 0 Å². The number of aromatic nitrogens is 2. The summed E-state index contributed by atoms with van der Waals surface area (Å²) in [5.41, 5.74) is -0.0603. The minimum absolute atomic E-state index is 0.0603. The van der Waals surface area contributed by atoms with E-state index in [4.69, 9.17) is 0 Å². The molecule has 1 saturated carbocycles. The van der Waals surface area contributed by atoms with Crippen LogP contribution in [0.1, 0.15) is 48.6 Å². The first-order chi connectivity index (χ1) is 11.5. The number of rotatable bonds is 4. The topological polar surface area (TPSA) is 119 Å². The third-order valence-electron chi connectivity index (χ3n) is 4.44. The number of ether oxygens (including phenoxy) is 1. The van der Waals surface area contributed by atoms with Crippen molar-refractivity contribution in [3.8, 4) is 0 Å². The molecule has 3 amide bonds. The normalized spacial score (nSPS) is 21.0. The van der Waals surface area contributed by atoms with Crippen LogP contribution in [0.2, 0.25) is 0 Å². The van der Waals surface area contributed by atoms with Crippen LogP contribution in [-0.2, 0) is 19.1 Å². The van der Waals surface area contributed by atoms with E-state index in [2.05, 4.69) is 20.4 Å². The molecule has 0 aromatic carbocycles. The summed E-state index contributed by atoms with van der Waals surface area (Å²) in [6.45, 7) is 0. The Morgan fingerprint density at radius 3 is 2.67 bits per heavy atom. The zero-order valence-electron chi connectivity index (χ0n) is 13.2. The van der Waals surface area contributed by atoms with Gasteiger partial charge in [-0.05, 0) is 19.3 Å². The first-order valence-electron chi connectivity index (χ1n) is 7.81. The Hall–Kier alpha value is -2.71. The molecule has 1 saturated heterocycles. The van der Waals surface area contributed by atoms with Crippen molar-refractivity contribution >= 4 is 29.5 Å². The number of imidazole rings is 1. The number of anilines is 1. The van der Waals surface area contributed by atoms with Crippen LogP contribution in [-0.4, -0.2) is 40.4 Å². The Kier molecular flexibility index (Phi) is 4.32. The Morgan fingerprint density at radius 2 is 2.08 bits per heavy atom. The third-order valence-corrected chi connectivity index (χ3v) is 4.44. The molecule has 1 atom stereocenters. The Labute approximate surface area is 137 Å². The maximum Gasteiger partial charge on any atom is 0.360 e. The molecule has 3 rings (SSSR count). The lowest BCUT2D eigenvalue weighted by molar-refractivity contribution is -0.135. The molecule has 9 heteroatoms. The van der Waals surface area contributed by atoms with Gasteiger partial charge in [-0.15, -0.1) is 0 Å². The maximum atomic E-state index is 12.3. The molecule has 1 aliphatic heterocycles. The van der Waals surface area contributed by atoms with E-state index in [1.54, 1.807) is 0 Å². The van der Waals surface area contributed by atoms with Crippen molar-refractivity contribution in [1.82, 2.24) is 14.9 Å². The smallest absolute Gasteiger partial charge is 0.360 e. The Bertz CT molecular complexity index is 707. The molecule has 1 unspecified atom stereocenters. The number of imide groups is 1. The molecule has 2 aliphatic rings. The number of carbonyl (C=O) groups excluding carboxylic acids is 4. The van der Waals surface area contributed by atoms with Crippen LogP contribution in [0.5, 0.6) is 0 Å². The van der Waals surface area contributed by atoms with Crippen LogP contribution in [0.3, 0.4) is 0 Å². The van der Waals surface area contributed by atoms with Gasteiger partial charge >= 0.3 is 5.97 Å². The van der Waals surface area contributed by atoms with E-state index < -0.39 is 17.9 Å². The second-order valence-corrected chi connectivity index (χ2v) is 5.92. The molecular formula is C15H18N4O5. The monoisotopic (exact) mass is 334 g/mol. The van der Waals surface area contributed by atoms with Crippen molar-refractivity contribution in [2.75, 3.05) is 12.4 Å². The Balaban J connectivity index is 1.91. The van der Waals surface area contributed by atoms with Crippen LogP contribution >= 0.6 is 0 Å². The molecule has 2 N–H and O–H groups in total. The summed E-state index contributed by atoms with van der Waals surface area (Å²) in [6, 6.07) is -0.717. The minimum Gasteiger partial charge on any atom is -0.464 e. The number of hydrogen-bond acceptors (Lipinski definition) is 6. The van der Waals surface area contributed by atoms with Gasteiger partial charge in [-0.3, -0.25) is 19.7 Å². The van der Waals surface area contributed by atoms with Gasteiger partial charge in [-0.25, -0.2) is 9.78 Å². The second kappa shape index (κ2) is 6.42. The van der Waals surface area contributed by atoms with E-state index in [1.165, 1.54) is 18.0 Å². The number of esters is 1. The van der Waals surface area contributed by atoms with E-state index >= 15 is 0 Å². The highest BCUT2D eigenvalue weighted by Crippen LogP contribution is 2.30. The number of piperidine rings is 1. The highest BCUT2D eigenvalue weighted by molar-refractivity contribution is 6.02. The van der Waals surface area contributed by atoms with E-state index in [9.17, 15) is 19.2 Å². The molecule has 1 aromatic rings.